The maximum Gasteiger partial charge on any atom is 0.134 e. The van der Waals surface area contributed by atoms with E-state index >= 15 is 0 Å². The third-order valence-corrected chi connectivity index (χ3v) is 3.40. The highest BCUT2D eigenvalue weighted by Gasteiger charge is 2.11. The average Bonchev–Trinajstić information content (AvgIpc) is 2.41. The summed E-state index contributed by atoms with van der Waals surface area (Å²) in [6.07, 6.45) is 6.14. The highest BCUT2D eigenvalue weighted by molar-refractivity contribution is 5.57. The molecule has 0 saturated heterocycles. The third kappa shape index (κ3) is 3.86. The minimum atomic E-state index is 0.715. The van der Waals surface area contributed by atoms with Gasteiger partial charge in [0.2, 0.25) is 0 Å². The van der Waals surface area contributed by atoms with Crippen molar-refractivity contribution in [3.05, 3.63) is 11.9 Å². The van der Waals surface area contributed by atoms with Crippen LogP contribution in [0.25, 0.3) is 0 Å². The van der Waals surface area contributed by atoms with E-state index in [-0.39, 0.29) is 0 Å². The van der Waals surface area contributed by atoms with E-state index < -0.39 is 0 Å². The van der Waals surface area contributed by atoms with Crippen LogP contribution in [0, 0.1) is 5.92 Å². The lowest BCUT2D eigenvalue weighted by Gasteiger charge is -2.17. The topological polar surface area (TPSA) is 49.8 Å². The summed E-state index contributed by atoms with van der Waals surface area (Å²) in [5.74, 6) is 2.65. The van der Waals surface area contributed by atoms with Crippen LogP contribution in [0.2, 0.25) is 0 Å². The van der Waals surface area contributed by atoms with E-state index in [0.29, 0.717) is 5.92 Å². The summed E-state index contributed by atoms with van der Waals surface area (Å²) in [4.78, 5) is 8.67. The van der Waals surface area contributed by atoms with Crippen molar-refractivity contribution >= 4 is 11.6 Å². The van der Waals surface area contributed by atoms with Gasteiger partial charge in [-0.2, -0.15) is 0 Å². The Morgan fingerprint density at radius 1 is 1.11 bits per heavy atom. The Bertz CT molecular complexity index is 348. The first-order valence-corrected chi connectivity index (χ1v) is 7.02. The number of rotatable bonds is 8. The van der Waals surface area contributed by atoms with Crippen LogP contribution in [0.3, 0.4) is 0 Å². The minimum absolute atomic E-state index is 0.715. The number of anilines is 2. The van der Waals surface area contributed by atoms with Gasteiger partial charge in [-0.15, -0.1) is 0 Å². The van der Waals surface area contributed by atoms with Gasteiger partial charge in [0.15, 0.2) is 0 Å². The summed E-state index contributed by atoms with van der Waals surface area (Å²) in [6.45, 7) is 7.64. The third-order valence-electron chi connectivity index (χ3n) is 3.40. The second kappa shape index (κ2) is 7.90. The smallest absolute Gasteiger partial charge is 0.134 e. The quantitative estimate of drug-likeness (QED) is 0.743. The molecule has 1 heterocycles. The normalized spacial score (nSPS) is 10.7. The lowest BCUT2D eigenvalue weighted by molar-refractivity contribution is 0.518. The molecule has 4 heteroatoms. The average molecular weight is 250 g/mol. The molecule has 102 valence electrons. The molecular formula is C14H26N4. The second-order valence-corrected chi connectivity index (χ2v) is 4.61. The molecule has 0 aliphatic carbocycles. The molecule has 0 radical (unpaired) electrons. The highest BCUT2D eigenvalue weighted by atomic mass is 15.1. The Morgan fingerprint density at radius 3 is 2.33 bits per heavy atom. The van der Waals surface area contributed by atoms with Crippen molar-refractivity contribution in [3.63, 3.8) is 0 Å². The van der Waals surface area contributed by atoms with Crippen molar-refractivity contribution in [2.75, 3.05) is 24.2 Å². The van der Waals surface area contributed by atoms with Crippen molar-refractivity contribution in [3.8, 4) is 0 Å². The van der Waals surface area contributed by atoms with Gasteiger partial charge in [0.1, 0.15) is 18.0 Å². The van der Waals surface area contributed by atoms with Gasteiger partial charge in [-0.25, -0.2) is 9.97 Å². The molecule has 4 nitrogen and oxygen atoms in total. The first-order chi connectivity index (χ1) is 8.76. The molecule has 0 bridgehead atoms. The predicted octanol–water partition coefficient (Wildman–Crippen LogP) is 3.32. The van der Waals surface area contributed by atoms with Crippen LogP contribution in [0.5, 0.6) is 0 Å². The van der Waals surface area contributed by atoms with E-state index in [4.69, 9.17) is 0 Å². The molecule has 18 heavy (non-hydrogen) atoms. The first kappa shape index (κ1) is 14.7. The summed E-state index contributed by atoms with van der Waals surface area (Å²) in [5, 5.41) is 6.63. The SMILES string of the molecule is CCCc1c(NC)ncnc1NCC(CC)CC. The standard InChI is InChI=1S/C14H26N4/c1-5-8-12-13(15-4)17-10-18-14(12)16-9-11(6-2)7-3/h10-11H,5-9H2,1-4H3,(H2,15,16,17,18). The van der Waals surface area contributed by atoms with Gasteiger partial charge in [-0.05, 0) is 12.3 Å². The molecule has 0 aliphatic rings. The molecule has 0 spiro atoms. The number of hydrogen-bond acceptors (Lipinski definition) is 4. The Balaban J connectivity index is 2.80. The fourth-order valence-electron chi connectivity index (χ4n) is 2.09. The van der Waals surface area contributed by atoms with E-state index in [9.17, 15) is 0 Å². The lowest BCUT2D eigenvalue weighted by Crippen LogP contribution is -2.16. The molecule has 1 aromatic rings. The van der Waals surface area contributed by atoms with Crippen molar-refractivity contribution in [1.29, 1.82) is 0 Å². The van der Waals surface area contributed by atoms with Gasteiger partial charge < -0.3 is 10.6 Å². The molecule has 0 aliphatic heterocycles. The van der Waals surface area contributed by atoms with Crippen LogP contribution in [-0.4, -0.2) is 23.6 Å². The van der Waals surface area contributed by atoms with Crippen LogP contribution in [0.15, 0.2) is 6.33 Å². The van der Waals surface area contributed by atoms with Gasteiger partial charge in [0.05, 0.1) is 0 Å². The zero-order valence-corrected chi connectivity index (χ0v) is 12.1. The van der Waals surface area contributed by atoms with E-state index in [1.165, 1.54) is 18.4 Å². The molecule has 0 atom stereocenters. The van der Waals surface area contributed by atoms with Gasteiger partial charge >= 0.3 is 0 Å². The molecule has 0 unspecified atom stereocenters. The number of nitrogens with one attached hydrogen (secondary N) is 2. The van der Waals surface area contributed by atoms with Crippen LogP contribution < -0.4 is 10.6 Å². The summed E-state index contributed by atoms with van der Waals surface area (Å²) in [5.41, 5.74) is 1.20. The molecular weight excluding hydrogens is 224 g/mol. The fraction of sp³-hybridized carbons (Fsp3) is 0.714. The molecule has 0 amide bonds. The second-order valence-electron chi connectivity index (χ2n) is 4.61. The van der Waals surface area contributed by atoms with Gasteiger partial charge in [-0.3, -0.25) is 0 Å². The van der Waals surface area contributed by atoms with E-state index in [2.05, 4.69) is 41.4 Å². The molecule has 1 rings (SSSR count). The molecule has 0 aromatic carbocycles. The van der Waals surface area contributed by atoms with E-state index in [1.54, 1.807) is 6.33 Å². The maximum absolute atomic E-state index is 4.38. The van der Waals surface area contributed by atoms with Crippen LogP contribution in [-0.2, 0) is 6.42 Å². The Labute approximate surface area is 111 Å². The van der Waals surface area contributed by atoms with Gasteiger partial charge in [-0.1, -0.05) is 40.0 Å². The Kier molecular flexibility index (Phi) is 6.47. The van der Waals surface area contributed by atoms with Crippen LogP contribution >= 0.6 is 0 Å². The lowest BCUT2D eigenvalue weighted by atomic mass is 10.0. The van der Waals surface area contributed by atoms with Crippen molar-refractivity contribution in [2.45, 2.75) is 46.5 Å². The zero-order chi connectivity index (χ0) is 13.4. The van der Waals surface area contributed by atoms with Crippen LogP contribution in [0.4, 0.5) is 11.6 Å². The van der Waals surface area contributed by atoms with Gasteiger partial charge in [0.25, 0.3) is 0 Å². The fourth-order valence-corrected chi connectivity index (χ4v) is 2.09. The van der Waals surface area contributed by atoms with Crippen molar-refractivity contribution < 1.29 is 0 Å². The van der Waals surface area contributed by atoms with Gasteiger partial charge in [0, 0.05) is 19.2 Å². The van der Waals surface area contributed by atoms with E-state index in [1.807, 2.05) is 7.05 Å². The summed E-state index contributed by atoms with van der Waals surface area (Å²) in [6, 6.07) is 0. The number of hydrogen-bond donors (Lipinski definition) is 2. The highest BCUT2D eigenvalue weighted by Crippen LogP contribution is 2.22. The molecule has 1 aromatic heterocycles. The monoisotopic (exact) mass is 250 g/mol. The maximum atomic E-state index is 4.38. The largest absolute Gasteiger partial charge is 0.373 e. The Hall–Kier alpha value is -1.32. The van der Waals surface area contributed by atoms with Crippen molar-refractivity contribution in [2.24, 2.45) is 5.92 Å². The van der Waals surface area contributed by atoms with Crippen molar-refractivity contribution in [1.82, 2.24) is 9.97 Å². The molecule has 2 N–H and O–H groups in total. The minimum Gasteiger partial charge on any atom is -0.373 e. The molecule has 0 fully saturated rings. The first-order valence-electron chi connectivity index (χ1n) is 7.02. The van der Waals surface area contributed by atoms with E-state index in [0.717, 1.165) is 31.0 Å². The zero-order valence-electron chi connectivity index (χ0n) is 12.1. The molecule has 0 saturated carbocycles. The summed E-state index contributed by atoms with van der Waals surface area (Å²) in [7, 11) is 1.91. The predicted molar refractivity (Wildman–Crippen MR) is 78.1 cm³/mol. The Morgan fingerprint density at radius 2 is 1.78 bits per heavy atom. The van der Waals surface area contributed by atoms with Crippen LogP contribution in [0.1, 0.15) is 45.6 Å². The summed E-state index contributed by atoms with van der Waals surface area (Å²) >= 11 is 0. The number of nitrogens with zero attached hydrogens (tertiary/aromatic N) is 2. The summed E-state index contributed by atoms with van der Waals surface area (Å²) < 4.78 is 0. The number of aromatic nitrogens is 2.